The molecule has 162 valence electrons. The zero-order chi connectivity index (χ0) is 22.0. The molecular formula is C27H39N3. The average Bonchev–Trinajstić information content (AvgIpc) is 3.61. The molecule has 3 rings (SSSR count). The van der Waals surface area contributed by atoms with Gasteiger partial charge in [0.1, 0.15) is 0 Å². The molecule has 2 aromatic rings. The first-order valence-corrected chi connectivity index (χ1v) is 10.8. The third-order valence-corrected chi connectivity index (χ3v) is 4.71. The number of likely N-dealkylation sites (N-methyl/N-ethyl adjacent to an activating group) is 1. The third kappa shape index (κ3) is 10.8. The van der Waals surface area contributed by atoms with Gasteiger partial charge in [-0.25, -0.2) is 0 Å². The standard InChI is InChI=1S/C14H16.C11H18N2.C2H5N/c1-3-5-13-10-14(12-7-8-12)9-6-11(13)4-2;1-12-9-10-13-8-7-11-5-3-2-4-6-11;1-2-3/h3-6,9-10,12H,2,7-8H2,1H3;2-6,12-13H,7-10H2,1H3;2H,1,3H2/b5-3-;;. The maximum Gasteiger partial charge on any atom is 0.00767 e. The summed E-state index contributed by atoms with van der Waals surface area (Å²) < 4.78 is 0. The summed E-state index contributed by atoms with van der Waals surface area (Å²) in [5, 5.41) is 6.48. The lowest BCUT2D eigenvalue weighted by Crippen LogP contribution is -2.26. The largest absolute Gasteiger partial charge is 0.405 e. The maximum absolute atomic E-state index is 4.61. The van der Waals surface area contributed by atoms with Gasteiger partial charge in [-0.3, -0.25) is 0 Å². The van der Waals surface area contributed by atoms with E-state index in [1.165, 1.54) is 41.3 Å². The minimum absolute atomic E-state index is 0.831. The van der Waals surface area contributed by atoms with Crippen LogP contribution in [-0.4, -0.2) is 26.7 Å². The molecule has 0 heterocycles. The van der Waals surface area contributed by atoms with Crippen LogP contribution in [0.2, 0.25) is 0 Å². The van der Waals surface area contributed by atoms with Crippen molar-refractivity contribution in [2.45, 2.75) is 32.1 Å². The molecule has 2 aromatic carbocycles. The van der Waals surface area contributed by atoms with E-state index in [1.54, 1.807) is 0 Å². The van der Waals surface area contributed by atoms with Gasteiger partial charge in [-0.2, -0.15) is 0 Å². The molecule has 3 heteroatoms. The monoisotopic (exact) mass is 405 g/mol. The molecule has 1 fully saturated rings. The lowest BCUT2D eigenvalue weighted by molar-refractivity contribution is 0.649. The Morgan fingerprint density at radius 2 is 1.70 bits per heavy atom. The van der Waals surface area contributed by atoms with Gasteiger partial charge in [-0.15, -0.1) is 0 Å². The van der Waals surface area contributed by atoms with Crippen molar-refractivity contribution < 1.29 is 0 Å². The highest BCUT2D eigenvalue weighted by molar-refractivity contribution is 5.65. The van der Waals surface area contributed by atoms with Crippen LogP contribution in [0.3, 0.4) is 0 Å². The van der Waals surface area contributed by atoms with Gasteiger partial charge in [0.15, 0.2) is 0 Å². The Morgan fingerprint density at radius 1 is 1.00 bits per heavy atom. The van der Waals surface area contributed by atoms with Gasteiger partial charge in [-0.05, 0) is 74.2 Å². The molecule has 0 radical (unpaired) electrons. The molecule has 1 aliphatic carbocycles. The topological polar surface area (TPSA) is 50.1 Å². The van der Waals surface area contributed by atoms with Gasteiger partial charge in [0.2, 0.25) is 0 Å². The van der Waals surface area contributed by atoms with Crippen LogP contribution < -0.4 is 16.4 Å². The summed E-state index contributed by atoms with van der Waals surface area (Å²) in [5.41, 5.74) is 10.0. The molecule has 0 spiro atoms. The predicted octanol–water partition coefficient (Wildman–Crippen LogP) is 5.37. The second-order valence-electron chi connectivity index (χ2n) is 7.19. The molecule has 0 amide bonds. The molecule has 0 aliphatic heterocycles. The number of benzene rings is 2. The first kappa shape index (κ1) is 25.4. The minimum atomic E-state index is 0.831. The summed E-state index contributed by atoms with van der Waals surface area (Å²) in [6.45, 7) is 12.2. The highest BCUT2D eigenvalue weighted by Gasteiger charge is 2.23. The quantitative estimate of drug-likeness (QED) is 0.492. The van der Waals surface area contributed by atoms with E-state index >= 15 is 0 Å². The van der Waals surface area contributed by atoms with Crippen LogP contribution in [0.5, 0.6) is 0 Å². The normalized spacial score (nSPS) is 12.3. The van der Waals surface area contributed by atoms with Crippen LogP contribution in [0.15, 0.2) is 74.0 Å². The Morgan fingerprint density at radius 3 is 2.27 bits per heavy atom. The Bertz CT molecular complexity index is 746. The van der Waals surface area contributed by atoms with Crippen LogP contribution in [0, 0.1) is 0 Å². The number of nitrogens with two attached hydrogens (primary N) is 1. The van der Waals surface area contributed by atoms with Crippen LogP contribution in [0.1, 0.15) is 47.9 Å². The number of hydrogen-bond acceptors (Lipinski definition) is 3. The van der Waals surface area contributed by atoms with Gasteiger partial charge in [0, 0.05) is 13.1 Å². The fourth-order valence-electron chi connectivity index (χ4n) is 2.99. The first-order valence-electron chi connectivity index (χ1n) is 10.8. The summed E-state index contributed by atoms with van der Waals surface area (Å²) in [7, 11) is 1.97. The fourth-order valence-corrected chi connectivity index (χ4v) is 2.99. The molecule has 0 saturated heterocycles. The summed E-state index contributed by atoms with van der Waals surface area (Å²) in [6.07, 6.45) is 11.3. The van der Waals surface area contributed by atoms with Crippen LogP contribution in [0.4, 0.5) is 0 Å². The number of allylic oxidation sites excluding steroid dienone is 1. The number of nitrogens with one attached hydrogen (secondary N) is 2. The minimum Gasteiger partial charge on any atom is -0.405 e. The van der Waals surface area contributed by atoms with Gasteiger partial charge in [0.05, 0.1) is 0 Å². The van der Waals surface area contributed by atoms with E-state index in [0.29, 0.717) is 0 Å². The first-order chi connectivity index (χ1) is 14.7. The van der Waals surface area contributed by atoms with Gasteiger partial charge in [0.25, 0.3) is 0 Å². The summed E-state index contributed by atoms with van der Waals surface area (Å²) in [5.74, 6) is 0.831. The van der Waals surface area contributed by atoms with Crippen molar-refractivity contribution in [2.75, 3.05) is 26.7 Å². The van der Waals surface area contributed by atoms with Crippen LogP contribution >= 0.6 is 0 Å². The molecule has 0 atom stereocenters. The zero-order valence-electron chi connectivity index (χ0n) is 18.7. The summed E-state index contributed by atoms with van der Waals surface area (Å²) >= 11 is 0. The van der Waals surface area contributed by atoms with E-state index in [-0.39, 0.29) is 0 Å². The SMILES string of the molecule is C=CN.C=Cc1ccc(C2CC2)cc1/C=C\C.CNCCNCCc1ccccc1. The molecule has 0 aromatic heterocycles. The van der Waals surface area contributed by atoms with Crippen molar-refractivity contribution in [3.63, 3.8) is 0 Å². The van der Waals surface area contributed by atoms with Crippen LogP contribution in [-0.2, 0) is 6.42 Å². The van der Waals surface area contributed by atoms with E-state index in [2.05, 4.69) is 97.1 Å². The van der Waals surface area contributed by atoms with Crippen molar-refractivity contribution in [3.8, 4) is 0 Å². The lowest BCUT2D eigenvalue weighted by atomic mass is 10.0. The Kier molecular flexibility index (Phi) is 13.7. The second-order valence-corrected chi connectivity index (χ2v) is 7.19. The molecular weight excluding hydrogens is 366 g/mol. The average molecular weight is 406 g/mol. The van der Waals surface area contributed by atoms with E-state index in [9.17, 15) is 0 Å². The van der Waals surface area contributed by atoms with Crippen molar-refractivity contribution in [2.24, 2.45) is 5.73 Å². The van der Waals surface area contributed by atoms with Gasteiger partial charge < -0.3 is 16.4 Å². The zero-order valence-corrected chi connectivity index (χ0v) is 18.7. The maximum atomic E-state index is 4.61. The van der Waals surface area contributed by atoms with Crippen molar-refractivity contribution in [1.29, 1.82) is 0 Å². The summed E-state index contributed by atoms with van der Waals surface area (Å²) in [6, 6.07) is 17.3. The van der Waals surface area contributed by atoms with Crippen molar-refractivity contribution in [1.82, 2.24) is 10.6 Å². The molecule has 4 N–H and O–H groups in total. The van der Waals surface area contributed by atoms with Gasteiger partial charge >= 0.3 is 0 Å². The van der Waals surface area contributed by atoms with Crippen molar-refractivity contribution >= 4 is 12.2 Å². The third-order valence-electron chi connectivity index (χ3n) is 4.71. The van der Waals surface area contributed by atoms with E-state index < -0.39 is 0 Å². The second kappa shape index (κ2) is 16.2. The highest BCUT2D eigenvalue weighted by atomic mass is 14.9. The summed E-state index contributed by atoms with van der Waals surface area (Å²) in [4.78, 5) is 0. The molecule has 0 unspecified atom stereocenters. The smallest absolute Gasteiger partial charge is 0.00767 e. The lowest BCUT2D eigenvalue weighted by Gasteiger charge is -2.04. The number of hydrogen-bond donors (Lipinski definition) is 3. The van der Waals surface area contributed by atoms with Crippen LogP contribution in [0.25, 0.3) is 12.2 Å². The molecule has 3 nitrogen and oxygen atoms in total. The Labute approximate surface area is 183 Å². The highest BCUT2D eigenvalue weighted by Crippen LogP contribution is 2.40. The Balaban J connectivity index is 0.000000266. The number of rotatable bonds is 9. The Hall–Kier alpha value is -2.62. The van der Waals surface area contributed by atoms with Crippen molar-refractivity contribution in [3.05, 3.63) is 96.2 Å². The molecule has 0 bridgehead atoms. The van der Waals surface area contributed by atoms with E-state index in [1.807, 2.05) is 13.1 Å². The fraction of sp³-hybridized carbons (Fsp3) is 0.333. The predicted molar refractivity (Wildman–Crippen MR) is 135 cm³/mol. The van der Waals surface area contributed by atoms with Gasteiger partial charge in [-0.1, -0.05) is 79.9 Å². The van der Waals surface area contributed by atoms with E-state index in [0.717, 1.165) is 32.0 Å². The molecule has 1 saturated carbocycles. The van der Waals surface area contributed by atoms with E-state index in [4.69, 9.17) is 0 Å². The molecule has 30 heavy (non-hydrogen) atoms. The molecule has 1 aliphatic rings.